The number of nitrogens with zero attached hydrogens (tertiary/aromatic N) is 4. The summed E-state index contributed by atoms with van der Waals surface area (Å²) in [4.78, 5) is 12.0. The summed E-state index contributed by atoms with van der Waals surface area (Å²) in [5.41, 5.74) is 2.42. The minimum absolute atomic E-state index is 0.246. The zero-order valence-corrected chi connectivity index (χ0v) is 12.7. The summed E-state index contributed by atoms with van der Waals surface area (Å²) in [6.45, 7) is 2.33. The van der Waals surface area contributed by atoms with Crippen molar-refractivity contribution in [3.63, 3.8) is 0 Å². The average molecular weight is 299 g/mol. The largest absolute Gasteiger partial charge is 0.497 e. The maximum Gasteiger partial charge on any atom is 0.343 e. The summed E-state index contributed by atoms with van der Waals surface area (Å²) in [6, 6.07) is 9.50. The standard InChI is InChI=1S/C15H17N5O2/c1-10-8-13(19(2)18-10)14-16-17-15(21)20(14)9-11-4-6-12(22-3)7-5-11/h4-8H,9H2,1-3H3,(H,17,21). The SMILES string of the molecule is COc1ccc(Cn2c(-c3cc(C)nn3C)n[nH]c2=O)cc1. The first-order valence-corrected chi connectivity index (χ1v) is 6.87. The van der Waals surface area contributed by atoms with Gasteiger partial charge in [0.15, 0.2) is 5.82 Å². The first-order valence-electron chi connectivity index (χ1n) is 6.87. The lowest BCUT2D eigenvalue weighted by molar-refractivity contribution is 0.414. The zero-order chi connectivity index (χ0) is 15.7. The van der Waals surface area contributed by atoms with E-state index in [4.69, 9.17) is 4.74 Å². The van der Waals surface area contributed by atoms with Crippen LogP contribution in [0.1, 0.15) is 11.3 Å². The summed E-state index contributed by atoms with van der Waals surface area (Å²) in [7, 11) is 3.46. The summed E-state index contributed by atoms with van der Waals surface area (Å²) in [6.07, 6.45) is 0. The Morgan fingerprint density at radius 3 is 2.59 bits per heavy atom. The third-order valence-corrected chi connectivity index (χ3v) is 3.49. The van der Waals surface area contributed by atoms with Gasteiger partial charge in [-0.15, -0.1) is 0 Å². The van der Waals surface area contributed by atoms with Crippen molar-refractivity contribution in [3.8, 4) is 17.3 Å². The van der Waals surface area contributed by atoms with Gasteiger partial charge in [-0.2, -0.15) is 10.2 Å². The van der Waals surface area contributed by atoms with Crippen LogP contribution in [0.25, 0.3) is 11.5 Å². The van der Waals surface area contributed by atoms with E-state index in [9.17, 15) is 4.79 Å². The van der Waals surface area contributed by atoms with Gasteiger partial charge in [-0.1, -0.05) is 12.1 Å². The lowest BCUT2D eigenvalue weighted by Crippen LogP contribution is -2.19. The molecule has 1 N–H and O–H groups in total. The molecule has 0 saturated carbocycles. The van der Waals surface area contributed by atoms with E-state index in [2.05, 4.69) is 15.3 Å². The molecule has 7 heteroatoms. The van der Waals surface area contributed by atoms with E-state index in [1.165, 1.54) is 0 Å². The van der Waals surface area contributed by atoms with Crippen molar-refractivity contribution < 1.29 is 4.74 Å². The number of aromatic nitrogens is 5. The molecule has 0 radical (unpaired) electrons. The Hall–Kier alpha value is -2.83. The predicted octanol–water partition coefficient (Wildman–Crippen LogP) is 1.34. The number of aromatic amines is 1. The fourth-order valence-electron chi connectivity index (χ4n) is 2.39. The summed E-state index contributed by atoms with van der Waals surface area (Å²) >= 11 is 0. The Balaban J connectivity index is 1.98. The molecule has 0 atom stereocenters. The number of ether oxygens (including phenoxy) is 1. The Morgan fingerprint density at radius 2 is 2.00 bits per heavy atom. The van der Waals surface area contributed by atoms with Crippen molar-refractivity contribution in [2.75, 3.05) is 7.11 Å². The Morgan fingerprint density at radius 1 is 1.27 bits per heavy atom. The average Bonchev–Trinajstić information content (AvgIpc) is 3.03. The molecule has 0 amide bonds. The smallest absolute Gasteiger partial charge is 0.343 e. The third-order valence-electron chi connectivity index (χ3n) is 3.49. The van der Waals surface area contributed by atoms with E-state index in [1.54, 1.807) is 16.4 Å². The molecule has 7 nitrogen and oxygen atoms in total. The van der Waals surface area contributed by atoms with Crippen LogP contribution < -0.4 is 10.4 Å². The van der Waals surface area contributed by atoms with Gasteiger partial charge < -0.3 is 4.74 Å². The van der Waals surface area contributed by atoms with Crippen molar-refractivity contribution in [2.24, 2.45) is 7.05 Å². The second kappa shape index (κ2) is 5.51. The van der Waals surface area contributed by atoms with E-state index >= 15 is 0 Å². The number of benzene rings is 1. The molecule has 0 aliphatic heterocycles. The maximum absolute atomic E-state index is 12.0. The van der Waals surface area contributed by atoms with Crippen molar-refractivity contribution in [1.29, 1.82) is 0 Å². The van der Waals surface area contributed by atoms with Gasteiger partial charge in [0.25, 0.3) is 0 Å². The second-order valence-electron chi connectivity index (χ2n) is 5.08. The first kappa shape index (κ1) is 14.1. The number of hydrogen-bond donors (Lipinski definition) is 1. The van der Waals surface area contributed by atoms with Crippen LogP contribution in [0.3, 0.4) is 0 Å². The van der Waals surface area contributed by atoms with Crippen molar-refractivity contribution in [1.82, 2.24) is 24.5 Å². The highest BCUT2D eigenvalue weighted by molar-refractivity contribution is 5.50. The number of H-pyrrole nitrogens is 1. The topological polar surface area (TPSA) is 77.7 Å². The van der Waals surface area contributed by atoms with Gasteiger partial charge in [-0.3, -0.25) is 9.25 Å². The van der Waals surface area contributed by atoms with Crippen molar-refractivity contribution >= 4 is 0 Å². The van der Waals surface area contributed by atoms with Crippen LogP contribution in [0, 0.1) is 6.92 Å². The zero-order valence-electron chi connectivity index (χ0n) is 12.7. The molecule has 2 heterocycles. The monoisotopic (exact) mass is 299 g/mol. The molecule has 0 aliphatic carbocycles. The predicted molar refractivity (Wildman–Crippen MR) is 81.9 cm³/mol. The van der Waals surface area contributed by atoms with Crippen molar-refractivity contribution in [3.05, 3.63) is 52.1 Å². The van der Waals surface area contributed by atoms with Crippen LogP contribution in [-0.4, -0.2) is 31.7 Å². The number of aryl methyl sites for hydroxylation is 2. The van der Waals surface area contributed by atoms with Crippen LogP contribution in [0.5, 0.6) is 5.75 Å². The number of hydrogen-bond acceptors (Lipinski definition) is 4. The van der Waals surface area contributed by atoms with Crippen LogP contribution in [0.4, 0.5) is 0 Å². The highest BCUT2D eigenvalue weighted by Crippen LogP contribution is 2.18. The second-order valence-corrected chi connectivity index (χ2v) is 5.08. The molecule has 2 aromatic heterocycles. The molecule has 0 bridgehead atoms. The number of rotatable bonds is 4. The van der Waals surface area contributed by atoms with Gasteiger partial charge in [0, 0.05) is 7.05 Å². The quantitative estimate of drug-likeness (QED) is 0.788. The highest BCUT2D eigenvalue weighted by Gasteiger charge is 2.15. The summed E-state index contributed by atoms with van der Waals surface area (Å²) < 4.78 is 8.45. The van der Waals surface area contributed by atoms with Gasteiger partial charge >= 0.3 is 5.69 Å². The minimum atomic E-state index is -0.246. The fraction of sp³-hybridized carbons (Fsp3) is 0.267. The van der Waals surface area contributed by atoms with Gasteiger partial charge in [-0.05, 0) is 30.7 Å². The highest BCUT2D eigenvalue weighted by atomic mass is 16.5. The summed E-state index contributed by atoms with van der Waals surface area (Å²) in [5.74, 6) is 1.36. The minimum Gasteiger partial charge on any atom is -0.497 e. The van der Waals surface area contributed by atoms with Gasteiger partial charge in [0.1, 0.15) is 11.4 Å². The molecule has 0 fully saturated rings. The van der Waals surface area contributed by atoms with E-state index in [0.717, 1.165) is 22.7 Å². The molecule has 114 valence electrons. The maximum atomic E-state index is 12.0. The van der Waals surface area contributed by atoms with Crippen molar-refractivity contribution in [2.45, 2.75) is 13.5 Å². The Labute approximate surface area is 127 Å². The van der Waals surface area contributed by atoms with E-state index in [1.807, 2.05) is 44.3 Å². The molecule has 3 rings (SSSR count). The normalized spacial score (nSPS) is 10.9. The van der Waals surface area contributed by atoms with Gasteiger partial charge in [0.05, 0.1) is 19.3 Å². The lowest BCUT2D eigenvalue weighted by atomic mass is 10.2. The molecule has 0 spiro atoms. The fourth-order valence-corrected chi connectivity index (χ4v) is 2.39. The molecule has 0 unspecified atom stereocenters. The van der Waals surface area contributed by atoms with E-state index in [-0.39, 0.29) is 5.69 Å². The van der Waals surface area contributed by atoms with E-state index < -0.39 is 0 Å². The van der Waals surface area contributed by atoms with E-state index in [0.29, 0.717) is 12.4 Å². The Bertz CT molecular complexity index is 842. The first-order chi connectivity index (χ1) is 10.6. The molecular formula is C15H17N5O2. The third kappa shape index (κ3) is 2.52. The molecule has 1 aromatic carbocycles. The molecular weight excluding hydrogens is 282 g/mol. The lowest BCUT2D eigenvalue weighted by Gasteiger charge is -2.07. The number of methoxy groups -OCH3 is 1. The van der Waals surface area contributed by atoms with Crippen LogP contribution >= 0.6 is 0 Å². The molecule has 3 aromatic rings. The molecule has 0 saturated heterocycles. The summed E-state index contributed by atoms with van der Waals surface area (Å²) in [5, 5.41) is 10.9. The Kier molecular flexibility index (Phi) is 3.54. The van der Waals surface area contributed by atoms with Gasteiger partial charge in [0.2, 0.25) is 0 Å². The van der Waals surface area contributed by atoms with Crippen LogP contribution in [0.15, 0.2) is 35.1 Å². The van der Waals surface area contributed by atoms with Crippen LogP contribution in [-0.2, 0) is 13.6 Å². The van der Waals surface area contributed by atoms with Gasteiger partial charge in [-0.25, -0.2) is 9.89 Å². The number of nitrogens with one attached hydrogen (secondary N) is 1. The molecule has 22 heavy (non-hydrogen) atoms. The molecule has 0 aliphatic rings. The van der Waals surface area contributed by atoms with Crippen LogP contribution in [0.2, 0.25) is 0 Å².